The van der Waals surface area contributed by atoms with Gasteiger partial charge in [-0.3, -0.25) is 9.59 Å². The molecular formula is C31H18O2S. The number of carbonyl (C=O) groups is 2. The molecule has 0 unspecified atom stereocenters. The van der Waals surface area contributed by atoms with E-state index in [0.29, 0.717) is 33.6 Å². The highest BCUT2D eigenvalue weighted by Gasteiger charge is 2.30. The number of carbonyl (C=O) groups excluding carboxylic acids is 2. The van der Waals surface area contributed by atoms with Crippen LogP contribution in [-0.4, -0.2) is 11.6 Å². The van der Waals surface area contributed by atoms with Gasteiger partial charge in [0.05, 0.1) is 0 Å². The van der Waals surface area contributed by atoms with Crippen molar-refractivity contribution >= 4 is 45.7 Å². The zero-order valence-electron chi connectivity index (χ0n) is 18.1. The lowest BCUT2D eigenvalue weighted by molar-refractivity contribution is 0.0979. The minimum atomic E-state index is -0.157. The fourth-order valence-electron chi connectivity index (χ4n) is 4.90. The summed E-state index contributed by atoms with van der Waals surface area (Å²) in [6, 6.07) is 28.7. The summed E-state index contributed by atoms with van der Waals surface area (Å²) < 4.78 is 0. The molecule has 0 heterocycles. The first kappa shape index (κ1) is 20.5. The normalized spacial score (nSPS) is 12.3. The molecule has 5 aromatic rings. The van der Waals surface area contributed by atoms with Crippen molar-refractivity contribution in [1.29, 1.82) is 0 Å². The van der Waals surface area contributed by atoms with Gasteiger partial charge in [-0.2, -0.15) is 12.6 Å². The van der Waals surface area contributed by atoms with E-state index in [-0.39, 0.29) is 11.6 Å². The molecule has 0 saturated carbocycles. The van der Waals surface area contributed by atoms with Crippen LogP contribution in [0.1, 0.15) is 48.5 Å². The second-order valence-corrected chi connectivity index (χ2v) is 8.60. The molecular weight excluding hydrogens is 436 g/mol. The lowest BCUT2D eigenvalue weighted by Crippen LogP contribution is -2.21. The van der Waals surface area contributed by atoms with Crippen LogP contribution in [0.15, 0.2) is 91.0 Å². The molecule has 0 saturated heterocycles. The Morgan fingerprint density at radius 1 is 0.559 bits per heavy atom. The van der Waals surface area contributed by atoms with E-state index in [1.165, 1.54) is 5.56 Å². The summed E-state index contributed by atoms with van der Waals surface area (Å²) in [6.07, 6.45) is 0. The van der Waals surface area contributed by atoms with Gasteiger partial charge in [0.1, 0.15) is 0 Å². The van der Waals surface area contributed by atoms with Crippen LogP contribution >= 0.6 is 12.6 Å². The van der Waals surface area contributed by atoms with Crippen molar-refractivity contribution in [3.05, 3.63) is 130 Å². The molecule has 0 fully saturated rings. The lowest BCUT2D eigenvalue weighted by atomic mass is 9.82. The number of benzene rings is 5. The largest absolute Gasteiger partial charge is 0.289 e. The van der Waals surface area contributed by atoms with Crippen LogP contribution in [0.4, 0.5) is 0 Å². The summed E-state index contributed by atoms with van der Waals surface area (Å²) in [5.41, 5.74) is 4.33. The molecule has 34 heavy (non-hydrogen) atoms. The van der Waals surface area contributed by atoms with Gasteiger partial charge in [0.25, 0.3) is 0 Å². The summed E-state index contributed by atoms with van der Waals surface area (Å²) in [6.45, 7) is 0. The van der Waals surface area contributed by atoms with E-state index in [4.69, 9.17) is 0 Å². The van der Waals surface area contributed by atoms with Gasteiger partial charge in [0.15, 0.2) is 11.6 Å². The van der Waals surface area contributed by atoms with Gasteiger partial charge >= 0.3 is 0 Å². The van der Waals surface area contributed by atoms with Crippen molar-refractivity contribution in [3.8, 4) is 11.8 Å². The highest BCUT2D eigenvalue weighted by molar-refractivity contribution is 7.79. The van der Waals surface area contributed by atoms with Crippen LogP contribution in [0, 0.1) is 11.8 Å². The standard InChI is InChI=1S/C31H18O2S/c32-30-25-13-5-6-14-26(25)31(33)29-19(8-7-15-27(29)30)16-17-24-20-9-1-3-11-22(20)28(18-34)23-12-4-2-10-21(23)24/h1-15,34H,18H2. The van der Waals surface area contributed by atoms with Gasteiger partial charge in [-0.25, -0.2) is 0 Å². The Morgan fingerprint density at radius 2 is 1.09 bits per heavy atom. The van der Waals surface area contributed by atoms with Crippen molar-refractivity contribution in [2.45, 2.75) is 5.75 Å². The molecule has 0 atom stereocenters. The summed E-state index contributed by atoms with van der Waals surface area (Å²) in [4.78, 5) is 26.5. The fourth-order valence-corrected chi connectivity index (χ4v) is 5.24. The predicted octanol–water partition coefficient (Wildman–Crippen LogP) is 6.60. The van der Waals surface area contributed by atoms with Crippen molar-refractivity contribution in [3.63, 3.8) is 0 Å². The third-order valence-electron chi connectivity index (χ3n) is 6.48. The minimum absolute atomic E-state index is 0.136. The third-order valence-corrected chi connectivity index (χ3v) is 6.79. The molecule has 1 aliphatic carbocycles. The second-order valence-electron chi connectivity index (χ2n) is 8.28. The quantitative estimate of drug-likeness (QED) is 0.173. The Balaban J connectivity index is 1.61. The minimum Gasteiger partial charge on any atom is -0.289 e. The van der Waals surface area contributed by atoms with Crippen molar-refractivity contribution in [2.24, 2.45) is 0 Å². The van der Waals surface area contributed by atoms with E-state index in [1.807, 2.05) is 30.3 Å². The molecule has 2 nitrogen and oxygen atoms in total. The van der Waals surface area contributed by atoms with E-state index >= 15 is 0 Å². The van der Waals surface area contributed by atoms with Gasteiger partial charge in [0.2, 0.25) is 0 Å². The average molecular weight is 455 g/mol. The number of thiol groups is 1. The Kier molecular flexibility index (Phi) is 4.83. The highest BCUT2D eigenvalue weighted by Crippen LogP contribution is 2.34. The van der Waals surface area contributed by atoms with Crippen LogP contribution in [0.3, 0.4) is 0 Å². The molecule has 0 bridgehead atoms. The molecule has 0 N–H and O–H groups in total. The molecule has 6 rings (SSSR count). The summed E-state index contributed by atoms with van der Waals surface area (Å²) in [5, 5.41) is 4.34. The smallest absolute Gasteiger partial charge is 0.195 e. The molecule has 0 radical (unpaired) electrons. The fraction of sp³-hybridized carbons (Fsp3) is 0.0323. The molecule has 5 aromatic carbocycles. The Labute approximate surface area is 202 Å². The average Bonchev–Trinajstić information content (AvgIpc) is 2.89. The SMILES string of the molecule is O=C1c2ccccc2C(=O)c2c(C#Cc3c4ccccc4c(CS)c4ccccc34)cccc21. The number of ketones is 2. The molecule has 160 valence electrons. The van der Waals surface area contributed by atoms with Gasteiger partial charge in [-0.15, -0.1) is 0 Å². The number of hydrogen-bond acceptors (Lipinski definition) is 3. The van der Waals surface area contributed by atoms with Gasteiger partial charge in [-0.05, 0) is 33.2 Å². The Hall–Kier alpha value is -4.13. The van der Waals surface area contributed by atoms with Crippen LogP contribution in [0.2, 0.25) is 0 Å². The van der Waals surface area contributed by atoms with Gasteiger partial charge in [-0.1, -0.05) is 96.8 Å². The lowest BCUT2D eigenvalue weighted by Gasteiger charge is -2.18. The summed E-state index contributed by atoms with van der Waals surface area (Å²) >= 11 is 4.60. The molecule has 1 aliphatic rings. The monoisotopic (exact) mass is 454 g/mol. The van der Waals surface area contributed by atoms with Gasteiger partial charge in [0, 0.05) is 39.1 Å². The topological polar surface area (TPSA) is 34.1 Å². The van der Waals surface area contributed by atoms with Crippen molar-refractivity contribution in [2.75, 3.05) is 0 Å². The Bertz CT molecular complexity index is 1680. The van der Waals surface area contributed by atoms with E-state index in [1.54, 1.807) is 36.4 Å². The number of hydrogen-bond donors (Lipinski definition) is 1. The number of fused-ring (bicyclic) bond motifs is 4. The van der Waals surface area contributed by atoms with Crippen LogP contribution in [0.25, 0.3) is 21.5 Å². The zero-order chi connectivity index (χ0) is 23.2. The maximum atomic E-state index is 13.4. The highest BCUT2D eigenvalue weighted by atomic mass is 32.1. The summed E-state index contributed by atoms with van der Waals surface area (Å²) in [7, 11) is 0. The maximum Gasteiger partial charge on any atom is 0.195 e. The predicted molar refractivity (Wildman–Crippen MR) is 140 cm³/mol. The second kappa shape index (κ2) is 8.02. The molecule has 0 amide bonds. The molecule has 3 heteroatoms. The van der Waals surface area contributed by atoms with Gasteiger partial charge < -0.3 is 0 Å². The van der Waals surface area contributed by atoms with E-state index in [9.17, 15) is 9.59 Å². The zero-order valence-corrected chi connectivity index (χ0v) is 19.0. The van der Waals surface area contributed by atoms with Crippen molar-refractivity contribution in [1.82, 2.24) is 0 Å². The first-order chi connectivity index (χ1) is 16.7. The van der Waals surface area contributed by atoms with E-state index in [0.717, 1.165) is 27.1 Å². The molecule has 0 spiro atoms. The third kappa shape index (κ3) is 3.00. The van der Waals surface area contributed by atoms with Crippen LogP contribution in [0.5, 0.6) is 0 Å². The first-order valence-corrected chi connectivity index (χ1v) is 11.7. The van der Waals surface area contributed by atoms with E-state index in [2.05, 4.69) is 48.7 Å². The summed E-state index contributed by atoms with van der Waals surface area (Å²) in [5.74, 6) is 6.95. The van der Waals surface area contributed by atoms with E-state index < -0.39 is 0 Å². The maximum absolute atomic E-state index is 13.4. The van der Waals surface area contributed by atoms with Crippen molar-refractivity contribution < 1.29 is 9.59 Å². The molecule has 0 aromatic heterocycles. The van der Waals surface area contributed by atoms with Crippen LogP contribution in [-0.2, 0) is 5.75 Å². The molecule has 0 aliphatic heterocycles. The number of rotatable bonds is 1. The van der Waals surface area contributed by atoms with Crippen LogP contribution < -0.4 is 0 Å². The first-order valence-electron chi connectivity index (χ1n) is 11.1. The Morgan fingerprint density at radius 3 is 1.71 bits per heavy atom.